The van der Waals surface area contributed by atoms with Gasteiger partial charge in [-0.3, -0.25) is 4.72 Å². The van der Waals surface area contributed by atoms with Crippen LogP contribution in [0.25, 0.3) is 0 Å². The fourth-order valence-corrected chi connectivity index (χ4v) is 2.27. The number of nitrogens with one attached hydrogen (secondary N) is 1. The van der Waals surface area contributed by atoms with E-state index in [2.05, 4.69) is 11.3 Å². The molecule has 0 spiro atoms. The van der Waals surface area contributed by atoms with Gasteiger partial charge in [0.2, 0.25) is 0 Å². The number of hydrogen-bond donors (Lipinski definition) is 1. The van der Waals surface area contributed by atoms with Gasteiger partial charge in [0.05, 0.1) is 12.0 Å². The van der Waals surface area contributed by atoms with Crippen LogP contribution in [0.3, 0.4) is 0 Å². The maximum absolute atomic E-state index is 11.9. The largest absolute Gasteiger partial charge is 0.497 e. The summed E-state index contributed by atoms with van der Waals surface area (Å²) in [5, 5.41) is 0. The molecule has 18 heavy (non-hydrogen) atoms. The van der Waals surface area contributed by atoms with Gasteiger partial charge in [0.1, 0.15) is 5.75 Å². The quantitative estimate of drug-likeness (QED) is 0.805. The van der Waals surface area contributed by atoms with Gasteiger partial charge in [-0.15, -0.1) is 6.58 Å². The van der Waals surface area contributed by atoms with Crippen molar-refractivity contribution in [1.29, 1.82) is 0 Å². The third-order valence-electron chi connectivity index (χ3n) is 2.30. The molecule has 0 heterocycles. The maximum Gasteiger partial charge on any atom is 0.261 e. The number of methoxy groups -OCH3 is 1. The van der Waals surface area contributed by atoms with Crippen LogP contribution in [0.5, 0.6) is 5.75 Å². The highest BCUT2D eigenvalue weighted by molar-refractivity contribution is 7.89. The average molecular weight is 267 g/mol. The third-order valence-corrected chi connectivity index (χ3v) is 3.62. The molecule has 0 bridgehead atoms. The Labute approximate surface area is 108 Å². The van der Waals surface area contributed by atoms with Crippen LogP contribution < -0.4 is 9.46 Å². The highest BCUT2D eigenvalue weighted by atomic mass is 32.2. The van der Waals surface area contributed by atoms with E-state index >= 15 is 0 Å². The van der Waals surface area contributed by atoms with Crippen molar-refractivity contribution >= 4 is 10.0 Å². The van der Waals surface area contributed by atoms with Crippen molar-refractivity contribution < 1.29 is 13.2 Å². The second-order valence-corrected chi connectivity index (χ2v) is 5.49. The van der Waals surface area contributed by atoms with Crippen molar-refractivity contribution in [1.82, 2.24) is 4.72 Å². The molecule has 0 radical (unpaired) electrons. The van der Waals surface area contributed by atoms with Gasteiger partial charge in [-0.05, 0) is 37.6 Å². The van der Waals surface area contributed by atoms with Gasteiger partial charge in [-0.25, -0.2) is 8.42 Å². The topological polar surface area (TPSA) is 55.4 Å². The van der Waals surface area contributed by atoms with E-state index in [0.29, 0.717) is 12.2 Å². The van der Waals surface area contributed by atoms with E-state index in [1.165, 1.54) is 25.4 Å². The average Bonchev–Trinajstić information content (AvgIpc) is 2.37. The number of benzene rings is 1. The highest BCUT2D eigenvalue weighted by Gasteiger charge is 2.11. The van der Waals surface area contributed by atoms with Crippen LogP contribution >= 0.6 is 0 Å². The van der Waals surface area contributed by atoms with Gasteiger partial charge >= 0.3 is 0 Å². The first-order chi connectivity index (χ1) is 8.49. The first-order valence-electron chi connectivity index (χ1n) is 5.42. The minimum Gasteiger partial charge on any atom is -0.497 e. The van der Waals surface area contributed by atoms with Gasteiger partial charge in [-0.1, -0.05) is 11.6 Å². The number of rotatable bonds is 6. The van der Waals surface area contributed by atoms with E-state index < -0.39 is 10.0 Å². The van der Waals surface area contributed by atoms with Gasteiger partial charge < -0.3 is 4.74 Å². The summed E-state index contributed by atoms with van der Waals surface area (Å²) >= 11 is 0. The fraction of sp³-hybridized carbons (Fsp3) is 0.231. The van der Waals surface area contributed by atoms with Crippen LogP contribution in [0.4, 0.5) is 0 Å². The molecule has 0 fully saturated rings. The second-order valence-electron chi connectivity index (χ2n) is 3.78. The molecular formula is C13H17NO3S. The molecule has 0 unspecified atom stereocenters. The van der Waals surface area contributed by atoms with Crippen molar-refractivity contribution in [3.8, 4) is 5.75 Å². The predicted molar refractivity (Wildman–Crippen MR) is 71.9 cm³/mol. The zero-order chi connectivity index (χ0) is 13.6. The van der Waals surface area contributed by atoms with Gasteiger partial charge in [0, 0.05) is 6.20 Å². The van der Waals surface area contributed by atoms with Crippen LogP contribution in [0, 0.1) is 0 Å². The zero-order valence-corrected chi connectivity index (χ0v) is 11.3. The molecule has 0 amide bonds. The van der Waals surface area contributed by atoms with Crippen molar-refractivity contribution in [2.75, 3.05) is 7.11 Å². The molecule has 0 aliphatic carbocycles. The van der Waals surface area contributed by atoms with E-state index in [1.807, 2.05) is 6.92 Å². The molecule has 0 aromatic heterocycles. The Kier molecular flexibility index (Phi) is 4.97. The molecule has 4 nitrogen and oxygen atoms in total. The maximum atomic E-state index is 11.9. The van der Waals surface area contributed by atoms with Crippen LogP contribution in [0.15, 0.2) is 53.6 Å². The van der Waals surface area contributed by atoms with Crippen LogP contribution in [-0.4, -0.2) is 15.5 Å². The molecule has 1 aromatic carbocycles. The van der Waals surface area contributed by atoms with Crippen molar-refractivity contribution in [2.24, 2.45) is 0 Å². The predicted octanol–water partition coefficient (Wildman–Crippen LogP) is 2.45. The summed E-state index contributed by atoms with van der Waals surface area (Å²) in [6, 6.07) is 6.21. The van der Waals surface area contributed by atoms with Crippen LogP contribution in [-0.2, 0) is 10.0 Å². The van der Waals surface area contributed by atoms with E-state index in [0.717, 1.165) is 5.57 Å². The summed E-state index contributed by atoms with van der Waals surface area (Å²) in [5.41, 5.74) is 0.891. The van der Waals surface area contributed by atoms with E-state index in [4.69, 9.17) is 4.74 Å². The molecule has 0 aliphatic rings. The lowest BCUT2D eigenvalue weighted by Crippen LogP contribution is -2.18. The van der Waals surface area contributed by atoms with Gasteiger partial charge in [-0.2, -0.15) is 0 Å². The van der Waals surface area contributed by atoms with Gasteiger partial charge in [0.15, 0.2) is 0 Å². The molecule has 98 valence electrons. The molecule has 0 saturated heterocycles. The lowest BCUT2D eigenvalue weighted by Gasteiger charge is -2.06. The first kappa shape index (κ1) is 14.3. The minimum atomic E-state index is -3.51. The first-order valence-corrected chi connectivity index (χ1v) is 6.91. The SMILES string of the molecule is C=CCC(C)=CNS(=O)(=O)c1ccc(OC)cc1. The molecule has 5 heteroatoms. The Morgan fingerprint density at radius 3 is 2.50 bits per heavy atom. The smallest absolute Gasteiger partial charge is 0.261 e. The standard InChI is InChI=1S/C13H17NO3S/c1-4-5-11(2)10-14-18(15,16)13-8-6-12(17-3)7-9-13/h4,6-10,14H,1,5H2,2-3H3. The summed E-state index contributed by atoms with van der Waals surface area (Å²) in [6.45, 7) is 5.42. The molecule has 0 atom stereocenters. The van der Waals surface area contributed by atoms with E-state index in [9.17, 15) is 8.42 Å². The van der Waals surface area contributed by atoms with Crippen LogP contribution in [0.1, 0.15) is 13.3 Å². The van der Waals surface area contributed by atoms with Crippen LogP contribution in [0.2, 0.25) is 0 Å². The molecule has 1 N–H and O–H groups in total. The normalized spacial score (nSPS) is 12.0. The Bertz CT molecular complexity index is 530. The van der Waals surface area contributed by atoms with Crippen molar-refractivity contribution in [3.05, 3.63) is 48.7 Å². The zero-order valence-electron chi connectivity index (χ0n) is 10.5. The second kappa shape index (κ2) is 6.26. The summed E-state index contributed by atoms with van der Waals surface area (Å²) in [6.07, 6.45) is 3.83. The Hall–Kier alpha value is -1.75. The highest BCUT2D eigenvalue weighted by Crippen LogP contribution is 2.15. The lowest BCUT2D eigenvalue weighted by molar-refractivity contribution is 0.414. The van der Waals surface area contributed by atoms with Crippen molar-refractivity contribution in [3.63, 3.8) is 0 Å². The molecule has 1 aromatic rings. The number of hydrogen-bond acceptors (Lipinski definition) is 3. The number of ether oxygens (including phenoxy) is 1. The van der Waals surface area contributed by atoms with E-state index in [-0.39, 0.29) is 4.90 Å². The Balaban J connectivity index is 2.85. The number of allylic oxidation sites excluding steroid dienone is 2. The van der Waals surface area contributed by atoms with Crippen molar-refractivity contribution in [2.45, 2.75) is 18.2 Å². The molecule has 1 rings (SSSR count). The molecular weight excluding hydrogens is 250 g/mol. The Morgan fingerprint density at radius 1 is 1.39 bits per heavy atom. The van der Waals surface area contributed by atoms with Gasteiger partial charge in [0.25, 0.3) is 10.0 Å². The third kappa shape index (κ3) is 3.92. The summed E-state index contributed by atoms with van der Waals surface area (Å²) in [7, 11) is -1.98. The fourth-order valence-electron chi connectivity index (χ4n) is 1.29. The molecule has 0 aliphatic heterocycles. The number of sulfonamides is 1. The summed E-state index contributed by atoms with van der Waals surface area (Å²) in [5.74, 6) is 0.618. The minimum absolute atomic E-state index is 0.200. The lowest BCUT2D eigenvalue weighted by atomic mass is 10.2. The summed E-state index contributed by atoms with van der Waals surface area (Å²) < 4.78 is 31.2. The molecule has 0 saturated carbocycles. The van der Waals surface area contributed by atoms with E-state index in [1.54, 1.807) is 18.2 Å². The Morgan fingerprint density at radius 2 is 2.00 bits per heavy atom. The summed E-state index contributed by atoms with van der Waals surface area (Å²) in [4.78, 5) is 0.200. The monoisotopic (exact) mass is 267 g/mol.